The summed E-state index contributed by atoms with van der Waals surface area (Å²) in [6.45, 7) is 0.913. The first-order valence-electron chi connectivity index (χ1n) is 7.19. The summed E-state index contributed by atoms with van der Waals surface area (Å²) in [5.74, 6) is 6.71. The molecule has 1 aromatic rings. The topological polar surface area (TPSA) is 56.5 Å². The van der Waals surface area contributed by atoms with E-state index in [1.165, 1.54) is 18.4 Å². The molecule has 2 aliphatic rings. The minimum atomic E-state index is 0.142. The van der Waals surface area contributed by atoms with Crippen LogP contribution in [0.25, 0.3) is 0 Å². The molecule has 0 saturated carbocycles. The minimum absolute atomic E-state index is 0.142. The van der Waals surface area contributed by atoms with Crippen molar-refractivity contribution < 1.29 is 9.47 Å². The Labute approximate surface area is 114 Å². The van der Waals surface area contributed by atoms with Crippen LogP contribution >= 0.6 is 0 Å². The van der Waals surface area contributed by atoms with E-state index in [1.807, 2.05) is 12.1 Å². The Kier molecular flexibility index (Phi) is 4.01. The van der Waals surface area contributed by atoms with Crippen LogP contribution in [0.4, 0.5) is 0 Å². The van der Waals surface area contributed by atoms with Crippen molar-refractivity contribution in [3.63, 3.8) is 0 Å². The first-order valence-corrected chi connectivity index (χ1v) is 7.19. The summed E-state index contributed by atoms with van der Waals surface area (Å²) in [4.78, 5) is 0. The van der Waals surface area contributed by atoms with Gasteiger partial charge in [-0.15, -0.1) is 0 Å². The van der Waals surface area contributed by atoms with Gasteiger partial charge in [0.05, 0.1) is 12.1 Å². The molecule has 0 aliphatic carbocycles. The number of rotatable bonds is 5. The highest BCUT2D eigenvalue weighted by atomic mass is 16.5. The molecule has 4 heteroatoms. The normalized spacial score (nSPS) is 27.0. The molecule has 3 atom stereocenters. The van der Waals surface area contributed by atoms with Crippen molar-refractivity contribution in [2.45, 2.75) is 50.4 Å². The predicted octanol–water partition coefficient (Wildman–Crippen LogP) is 1.78. The van der Waals surface area contributed by atoms with Crippen LogP contribution in [0.3, 0.4) is 0 Å². The highest BCUT2D eigenvalue weighted by Crippen LogP contribution is 2.30. The van der Waals surface area contributed by atoms with E-state index in [-0.39, 0.29) is 12.1 Å². The molecule has 1 aromatic carbocycles. The van der Waals surface area contributed by atoms with Gasteiger partial charge in [0.2, 0.25) is 0 Å². The van der Waals surface area contributed by atoms with E-state index < -0.39 is 0 Å². The summed E-state index contributed by atoms with van der Waals surface area (Å²) in [7, 11) is 0. The van der Waals surface area contributed by atoms with Crippen molar-refractivity contribution in [3.05, 3.63) is 29.8 Å². The van der Waals surface area contributed by atoms with Gasteiger partial charge in [-0.05, 0) is 37.3 Å². The summed E-state index contributed by atoms with van der Waals surface area (Å²) >= 11 is 0. The lowest BCUT2D eigenvalue weighted by molar-refractivity contribution is 0.0910. The molecular weight excluding hydrogens is 240 g/mol. The van der Waals surface area contributed by atoms with E-state index in [2.05, 4.69) is 17.6 Å². The molecule has 0 aromatic heterocycles. The quantitative estimate of drug-likeness (QED) is 0.627. The zero-order valence-electron chi connectivity index (χ0n) is 11.2. The van der Waals surface area contributed by atoms with Crippen LogP contribution in [0.15, 0.2) is 24.3 Å². The summed E-state index contributed by atoms with van der Waals surface area (Å²) in [5, 5.41) is 0. The third kappa shape index (κ3) is 2.91. The van der Waals surface area contributed by atoms with Gasteiger partial charge < -0.3 is 9.47 Å². The zero-order chi connectivity index (χ0) is 13.1. The highest BCUT2D eigenvalue weighted by Gasteiger charge is 2.30. The minimum Gasteiger partial charge on any atom is -0.488 e. The number of nitrogens with two attached hydrogens (primary N) is 1. The van der Waals surface area contributed by atoms with E-state index in [4.69, 9.17) is 15.3 Å². The third-order valence-electron chi connectivity index (χ3n) is 4.16. The summed E-state index contributed by atoms with van der Waals surface area (Å²) in [5.41, 5.74) is 4.20. The molecule has 1 saturated heterocycles. The van der Waals surface area contributed by atoms with Gasteiger partial charge >= 0.3 is 0 Å². The van der Waals surface area contributed by atoms with Crippen molar-refractivity contribution in [2.24, 2.45) is 5.84 Å². The molecule has 104 valence electrons. The monoisotopic (exact) mass is 262 g/mol. The molecule has 3 N–H and O–H groups in total. The van der Waals surface area contributed by atoms with Crippen molar-refractivity contribution in [1.29, 1.82) is 0 Å². The van der Waals surface area contributed by atoms with Crippen molar-refractivity contribution in [1.82, 2.24) is 5.43 Å². The number of hydrogen-bond acceptors (Lipinski definition) is 4. The third-order valence-corrected chi connectivity index (χ3v) is 4.16. The lowest BCUT2D eigenvalue weighted by atomic mass is 9.99. The Morgan fingerprint density at radius 2 is 2.26 bits per heavy atom. The molecule has 2 heterocycles. The first kappa shape index (κ1) is 12.9. The lowest BCUT2D eigenvalue weighted by Crippen LogP contribution is -2.46. The zero-order valence-corrected chi connectivity index (χ0v) is 11.2. The summed E-state index contributed by atoms with van der Waals surface area (Å²) < 4.78 is 11.7. The summed E-state index contributed by atoms with van der Waals surface area (Å²) in [6.07, 6.45) is 5.93. The van der Waals surface area contributed by atoms with Gasteiger partial charge in [0.15, 0.2) is 0 Å². The van der Waals surface area contributed by atoms with Crippen molar-refractivity contribution >= 4 is 0 Å². The Balaban J connectivity index is 1.55. The average molecular weight is 262 g/mol. The number of hydrogen-bond donors (Lipinski definition) is 2. The second-order valence-corrected chi connectivity index (χ2v) is 5.45. The molecule has 3 unspecified atom stereocenters. The average Bonchev–Trinajstić information content (AvgIpc) is 3.08. The van der Waals surface area contributed by atoms with Gasteiger partial charge in [0, 0.05) is 13.0 Å². The largest absolute Gasteiger partial charge is 0.488 e. The van der Waals surface area contributed by atoms with Crippen molar-refractivity contribution in [2.75, 3.05) is 6.61 Å². The van der Waals surface area contributed by atoms with Gasteiger partial charge in [-0.2, -0.15) is 0 Å². The smallest absolute Gasteiger partial charge is 0.123 e. The molecular formula is C15H22N2O2. The predicted molar refractivity (Wildman–Crippen MR) is 73.9 cm³/mol. The Hall–Kier alpha value is -1.10. The fourth-order valence-electron chi connectivity index (χ4n) is 3.05. The molecule has 2 aliphatic heterocycles. The van der Waals surface area contributed by atoms with Gasteiger partial charge in [-0.1, -0.05) is 18.2 Å². The van der Waals surface area contributed by atoms with Crippen LogP contribution in [0.1, 0.15) is 31.2 Å². The van der Waals surface area contributed by atoms with Crippen LogP contribution < -0.4 is 16.0 Å². The molecule has 3 rings (SSSR count). The van der Waals surface area contributed by atoms with E-state index in [9.17, 15) is 0 Å². The van der Waals surface area contributed by atoms with Crippen LogP contribution in [0.5, 0.6) is 5.75 Å². The Morgan fingerprint density at radius 1 is 1.37 bits per heavy atom. The highest BCUT2D eigenvalue weighted by molar-refractivity contribution is 5.37. The van der Waals surface area contributed by atoms with Crippen molar-refractivity contribution in [3.8, 4) is 5.75 Å². The second-order valence-electron chi connectivity index (χ2n) is 5.45. The molecule has 0 amide bonds. The number of nitrogens with one attached hydrogen (secondary N) is 1. The fourth-order valence-corrected chi connectivity index (χ4v) is 3.05. The second kappa shape index (κ2) is 5.90. The number of hydrazine groups is 1. The van der Waals surface area contributed by atoms with Crippen LogP contribution in [-0.4, -0.2) is 24.9 Å². The van der Waals surface area contributed by atoms with E-state index in [0.29, 0.717) is 6.10 Å². The number of para-hydroxylation sites is 1. The standard InChI is InChI=1S/C15H22N2O2/c16-17-13(8-7-12-5-3-9-18-12)15-10-11-4-1-2-6-14(11)19-15/h1-2,4,6,12-13,15,17H,3,5,7-10,16H2. The summed E-state index contributed by atoms with van der Waals surface area (Å²) in [6, 6.07) is 8.42. The molecule has 4 nitrogen and oxygen atoms in total. The molecule has 19 heavy (non-hydrogen) atoms. The van der Waals surface area contributed by atoms with Gasteiger partial charge in [-0.25, -0.2) is 0 Å². The van der Waals surface area contributed by atoms with Crippen LogP contribution in [-0.2, 0) is 11.2 Å². The maximum Gasteiger partial charge on any atom is 0.123 e. The molecule has 0 spiro atoms. The molecule has 0 bridgehead atoms. The van der Waals surface area contributed by atoms with Gasteiger partial charge in [0.1, 0.15) is 11.9 Å². The fraction of sp³-hybridized carbons (Fsp3) is 0.600. The SMILES string of the molecule is NNC(CCC1CCCO1)C1Cc2ccccc2O1. The number of benzene rings is 1. The lowest BCUT2D eigenvalue weighted by Gasteiger charge is -2.23. The maximum atomic E-state index is 5.99. The molecule has 1 fully saturated rings. The van der Waals surface area contributed by atoms with Crippen LogP contribution in [0.2, 0.25) is 0 Å². The van der Waals surface area contributed by atoms with E-state index in [1.54, 1.807) is 0 Å². The number of ether oxygens (including phenoxy) is 2. The van der Waals surface area contributed by atoms with Gasteiger partial charge in [-0.3, -0.25) is 11.3 Å². The molecule has 0 radical (unpaired) electrons. The number of fused-ring (bicyclic) bond motifs is 1. The Bertz CT molecular complexity index is 393. The maximum absolute atomic E-state index is 5.99. The van der Waals surface area contributed by atoms with E-state index >= 15 is 0 Å². The van der Waals surface area contributed by atoms with Crippen LogP contribution in [0, 0.1) is 0 Å². The first-order chi connectivity index (χ1) is 9.36. The Morgan fingerprint density at radius 3 is 3.00 bits per heavy atom. The van der Waals surface area contributed by atoms with Gasteiger partial charge in [0.25, 0.3) is 0 Å². The van der Waals surface area contributed by atoms with E-state index in [0.717, 1.165) is 31.6 Å².